The highest BCUT2D eigenvalue weighted by Gasteiger charge is 2.17. The zero-order chi connectivity index (χ0) is 24.8. The number of fused-ring (bicyclic) bond motifs is 2. The predicted molar refractivity (Wildman–Crippen MR) is 143 cm³/mol. The number of aromatic amines is 2. The van der Waals surface area contributed by atoms with Crippen molar-refractivity contribution in [2.45, 2.75) is 38.2 Å². The average molecular weight is 511 g/mol. The molecule has 7 nitrogen and oxygen atoms in total. The molecule has 2 N–H and O–H groups in total. The van der Waals surface area contributed by atoms with E-state index in [1.807, 2.05) is 24.5 Å². The lowest BCUT2D eigenvalue weighted by Crippen LogP contribution is -2.19. The summed E-state index contributed by atoms with van der Waals surface area (Å²) in [6, 6.07) is 9.41. The number of rotatable bonds is 5. The lowest BCUT2D eigenvalue weighted by Gasteiger charge is -2.23. The van der Waals surface area contributed by atoms with E-state index in [1.54, 1.807) is 24.7 Å². The topological polar surface area (TPSA) is 92.4 Å². The van der Waals surface area contributed by atoms with Crippen LogP contribution in [0.4, 0.5) is 4.39 Å². The molecule has 1 aliphatic rings. The van der Waals surface area contributed by atoms with Crippen LogP contribution in [0.15, 0.2) is 61.3 Å². The van der Waals surface area contributed by atoms with Gasteiger partial charge >= 0.3 is 0 Å². The maximum Gasteiger partial charge on any atom is 0.181 e. The number of halogens is 1. The van der Waals surface area contributed by atoms with Crippen LogP contribution >= 0.6 is 11.3 Å². The Bertz CT molecular complexity index is 1730. The Kier molecular flexibility index (Phi) is 5.43. The summed E-state index contributed by atoms with van der Waals surface area (Å²) in [6.45, 7) is 0. The van der Waals surface area contributed by atoms with Crippen molar-refractivity contribution in [2.75, 3.05) is 0 Å². The monoisotopic (exact) mass is 510 g/mol. The summed E-state index contributed by atoms with van der Waals surface area (Å²) < 4.78 is 19.9. The Morgan fingerprint density at radius 3 is 2.62 bits per heavy atom. The minimum absolute atomic E-state index is 0.219. The molecule has 6 heterocycles. The summed E-state index contributed by atoms with van der Waals surface area (Å²) in [6.07, 6.45) is 15.2. The van der Waals surface area contributed by atoms with Crippen LogP contribution in [0.2, 0.25) is 0 Å². The standard InChI is InChI=1S/C28H23FN6OS/c29-26-7-6-25(37-26)22-14-31-15-24-20(22)10-23(33-24)27-21-9-17(12-32-28(21)35-34-27)16-8-19(13-30-11-16)36-18-4-2-1-3-5-18/h6-15,18,33H,1-5H2,(H,32,34,35). The molecule has 0 aromatic carbocycles. The number of ether oxygens (including phenoxy) is 1. The third kappa shape index (κ3) is 4.15. The van der Waals surface area contributed by atoms with E-state index in [0.29, 0.717) is 5.65 Å². The van der Waals surface area contributed by atoms with Crippen LogP contribution in [-0.2, 0) is 0 Å². The van der Waals surface area contributed by atoms with Crippen LogP contribution in [0.1, 0.15) is 32.1 Å². The van der Waals surface area contributed by atoms with Gasteiger partial charge in [-0.2, -0.15) is 9.49 Å². The summed E-state index contributed by atoms with van der Waals surface area (Å²) in [5, 5.41) is 9.19. The number of nitrogens with one attached hydrogen (secondary N) is 2. The SMILES string of the molecule is Fc1ccc(-c2cncc3[nH]c(-c4[nH]nc5ncc(-c6cncc(OC7CCCCC7)c6)cc45)cc23)s1. The van der Waals surface area contributed by atoms with Crippen LogP contribution < -0.4 is 4.74 Å². The van der Waals surface area contributed by atoms with Crippen molar-refractivity contribution in [1.82, 2.24) is 30.1 Å². The number of nitrogens with zero attached hydrogens (tertiary/aromatic N) is 4. The Morgan fingerprint density at radius 2 is 1.76 bits per heavy atom. The summed E-state index contributed by atoms with van der Waals surface area (Å²) >= 11 is 1.11. The lowest BCUT2D eigenvalue weighted by atomic mass is 9.98. The fourth-order valence-corrected chi connectivity index (χ4v) is 5.88. The Balaban J connectivity index is 1.26. The number of hydrogen-bond donors (Lipinski definition) is 2. The molecule has 0 atom stereocenters. The van der Waals surface area contributed by atoms with E-state index < -0.39 is 0 Å². The molecule has 0 spiro atoms. The van der Waals surface area contributed by atoms with Crippen molar-refractivity contribution in [2.24, 2.45) is 0 Å². The minimum Gasteiger partial charge on any atom is -0.489 e. The van der Waals surface area contributed by atoms with Gasteiger partial charge in [-0.05, 0) is 56.0 Å². The van der Waals surface area contributed by atoms with Crippen molar-refractivity contribution in [3.05, 3.63) is 66.4 Å². The highest BCUT2D eigenvalue weighted by atomic mass is 32.1. The highest BCUT2D eigenvalue weighted by Crippen LogP contribution is 2.36. The van der Waals surface area contributed by atoms with E-state index in [4.69, 9.17) is 4.74 Å². The quantitative estimate of drug-likeness (QED) is 0.257. The van der Waals surface area contributed by atoms with E-state index in [0.717, 1.165) is 79.2 Å². The summed E-state index contributed by atoms with van der Waals surface area (Å²) in [5.74, 6) is 0.789. The van der Waals surface area contributed by atoms with Crippen molar-refractivity contribution < 1.29 is 9.13 Å². The van der Waals surface area contributed by atoms with Crippen LogP contribution in [0.25, 0.3) is 54.9 Å². The van der Waals surface area contributed by atoms with Crippen LogP contribution in [0.5, 0.6) is 5.75 Å². The summed E-state index contributed by atoms with van der Waals surface area (Å²) in [4.78, 5) is 17.7. The van der Waals surface area contributed by atoms with Gasteiger partial charge in [-0.1, -0.05) is 6.42 Å². The maximum absolute atomic E-state index is 13.7. The first kappa shape index (κ1) is 22.1. The van der Waals surface area contributed by atoms with E-state index in [2.05, 4.69) is 36.2 Å². The van der Waals surface area contributed by atoms with Crippen LogP contribution in [0.3, 0.4) is 0 Å². The van der Waals surface area contributed by atoms with Crippen molar-refractivity contribution in [3.8, 4) is 38.7 Å². The second-order valence-electron chi connectivity index (χ2n) is 9.42. The first-order valence-electron chi connectivity index (χ1n) is 12.4. The predicted octanol–water partition coefficient (Wildman–Crippen LogP) is 7.14. The zero-order valence-electron chi connectivity index (χ0n) is 19.9. The molecule has 1 saturated carbocycles. The molecule has 9 heteroatoms. The molecule has 0 saturated heterocycles. The van der Waals surface area contributed by atoms with E-state index >= 15 is 0 Å². The van der Waals surface area contributed by atoms with Gasteiger partial charge in [0.1, 0.15) is 5.75 Å². The number of thiophene rings is 1. The molecule has 0 unspecified atom stereocenters. The number of aromatic nitrogens is 6. The van der Waals surface area contributed by atoms with Crippen LogP contribution in [-0.4, -0.2) is 36.2 Å². The molecule has 0 radical (unpaired) electrons. The minimum atomic E-state index is -0.219. The highest BCUT2D eigenvalue weighted by molar-refractivity contribution is 7.14. The fraction of sp³-hybridized carbons (Fsp3) is 0.214. The number of H-pyrrole nitrogens is 2. The van der Waals surface area contributed by atoms with Crippen molar-refractivity contribution in [1.29, 1.82) is 0 Å². The van der Waals surface area contributed by atoms with Gasteiger partial charge in [0, 0.05) is 50.9 Å². The van der Waals surface area contributed by atoms with E-state index in [-0.39, 0.29) is 11.2 Å². The molecule has 6 aromatic rings. The van der Waals surface area contributed by atoms with Crippen molar-refractivity contribution in [3.63, 3.8) is 0 Å². The molecule has 37 heavy (non-hydrogen) atoms. The Labute approximate surface area is 215 Å². The van der Waals surface area contributed by atoms with Gasteiger partial charge < -0.3 is 9.72 Å². The van der Waals surface area contributed by atoms with Gasteiger partial charge in [0.25, 0.3) is 0 Å². The normalized spacial score (nSPS) is 14.5. The molecule has 184 valence electrons. The molecular weight excluding hydrogens is 487 g/mol. The molecule has 6 aromatic heterocycles. The van der Waals surface area contributed by atoms with Gasteiger partial charge in [-0.15, -0.1) is 11.3 Å². The summed E-state index contributed by atoms with van der Waals surface area (Å²) in [5.41, 5.74) is 5.93. The maximum atomic E-state index is 13.7. The molecular formula is C28H23FN6OS. The Hall–Kier alpha value is -4.11. The van der Waals surface area contributed by atoms with Crippen LogP contribution in [0, 0.1) is 5.13 Å². The average Bonchev–Trinajstić information content (AvgIpc) is 3.66. The smallest absolute Gasteiger partial charge is 0.181 e. The second kappa shape index (κ2) is 9.08. The molecule has 1 aliphatic carbocycles. The van der Waals surface area contributed by atoms with E-state index in [1.165, 1.54) is 25.3 Å². The molecule has 1 fully saturated rings. The first-order valence-corrected chi connectivity index (χ1v) is 13.2. The van der Waals surface area contributed by atoms with Gasteiger partial charge in [0.05, 0.1) is 35.4 Å². The van der Waals surface area contributed by atoms with Gasteiger partial charge in [-0.25, -0.2) is 4.98 Å². The molecule has 0 amide bonds. The fourth-order valence-electron chi connectivity index (χ4n) is 5.12. The van der Waals surface area contributed by atoms with Gasteiger partial charge in [0.15, 0.2) is 10.8 Å². The largest absolute Gasteiger partial charge is 0.489 e. The Morgan fingerprint density at radius 1 is 0.892 bits per heavy atom. The third-order valence-electron chi connectivity index (χ3n) is 6.96. The number of hydrogen-bond acceptors (Lipinski definition) is 6. The second-order valence-corrected chi connectivity index (χ2v) is 10.4. The molecule has 0 aliphatic heterocycles. The van der Waals surface area contributed by atoms with Crippen molar-refractivity contribution >= 4 is 33.3 Å². The summed E-state index contributed by atoms with van der Waals surface area (Å²) in [7, 11) is 0. The lowest BCUT2D eigenvalue weighted by molar-refractivity contribution is 0.154. The van der Waals surface area contributed by atoms with Gasteiger partial charge in [0.2, 0.25) is 0 Å². The zero-order valence-corrected chi connectivity index (χ0v) is 20.7. The molecule has 7 rings (SSSR count). The number of pyridine rings is 3. The third-order valence-corrected chi connectivity index (χ3v) is 7.87. The molecule has 0 bridgehead atoms. The van der Waals surface area contributed by atoms with E-state index in [9.17, 15) is 4.39 Å². The first-order chi connectivity index (χ1) is 18.2. The van der Waals surface area contributed by atoms with Gasteiger partial charge in [-0.3, -0.25) is 15.1 Å².